The minimum atomic E-state index is -1.52. The molecule has 13 nitrogen and oxygen atoms in total. The third-order valence-electron chi connectivity index (χ3n) is 7.88. The average molecular weight is 728 g/mol. The van der Waals surface area contributed by atoms with Gasteiger partial charge in [-0.25, -0.2) is 19.2 Å². The molecule has 0 bridgehead atoms. The number of rotatable bonds is 18. The summed E-state index contributed by atoms with van der Waals surface area (Å²) in [4.78, 5) is 53.9. The monoisotopic (exact) mass is 727 g/mol. The van der Waals surface area contributed by atoms with Crippen molar-refractivity contribution in [3.8, 4) is 0 Å². The van der Waals surface area contributed by atoms with Crippen molar-refractivity contribution in [3.05, 3.63) is 144 Å². The van der Waals surface area contributed by atoms with Crippen LogP contribution < -0.4 is 5.73 Å². The highest BCUT2D eigenvalue weighted by Crippen LogP contribution is 2.32. The van der Waals surface area contributed by atoms with Crippen LogP contribution >= 0.6 is 0 Å². The number of hydrogen-bond acceptors (Lipinski definition) is 13. The van der Waals surface area contributed by atoms with E-state index in [-0.39, 0.29) is 42.1 Å². The largest absolute Gasteiger partial charge is 0.459 e. The fraction of sp³-hybridized carbons (Fsp3) is 0.300. The maximum atomic E-state index is 13.7. The highest BCUT2D eigenvalue weighted by atomic mass is 16.7. The molecule has 0 radical (unpaired) electrons. The number of carbonyl (C=O) groups is 4. The Morgan fingerprint density at radius 2 is 0.887 bits per heavy atom. The number of carbonyl (C=O) groups excluding carboxylic acids is 4. The van der Waals surface area contributed by atoms with Crippen molar-refractivity contribution < 1.29 is 57.1 Å². The van der Waals surface area contributed by atoms with Gasteiger partial charge in [0.25, 0.3) is 0 Å². The lowest BCUT2D eigenvalue weighted by molar-refractivity contribution is -0.299. The summed E-state index contributed by atoms with van der Waals surface area (Å²) in [5.41, 5.74) is 6.27. The zero-order valence-electron chi connectivity index (χ0n) is 28.9. The Morgan fingerprint density at radius 1 is 0.491 bits per heavy atom. The molecule has 13 heteroatoms. The van der Waals surface area contributed by atoms with Crippen LogP contribution in [0.15, 0.2) is 121 Å². The predicted molar refractivity (Wildman–Crippen MR) is 189 cm³/mol. The molecule has 0 amide bonds. The standard InChI is InChI=1S/C40H41NO12/c41-21-22-46-23-24-47-25-26-48-40-35(53-39(45)31-19-11-4-12-20-31)34(52-38(44)30-17-9-3-10-18-30)33(51-37(43)29-15-7-2-8-16-29)32(50-40)27-49-36(42)28-13-5-1-6-14-28/h1-20,32-35,40H,21-27,41H2/t32?,33-,34?,35?,40+/m1/s1. The molecule has 0 spiro atoms. The van der Waals surface area contributed by atoms with Gasteiger partial charge in [0.2, 0.25) is 0 Å². The molecule has 3 unspecified atom stereocenters. The fourth-order valence-corrected chi connectivity index (χ4v) is 5.29. The van der Waals surface area contributed by atoms with Crippen LogP contribution in [0.1, 0.15) is 41.4 Å². The molecular formula is C40H41NO12. The first-order valence-electron chi connectivity index (χ1n) is 17.1. The maximum Gasteiger partial charge on any atom is 0.338 e. The first-order valence-corrected chi connectivity index (χ1v) is 17.1. The number of hydrogen-bond donors (Lipinski definition) is 1. The van der Waals surface area contributed by atoms with E-state index < -0.39 is 61.2 Å². The van der Waals surface area contributed by atoms with Gasteiger partial charge >= 0.3 is 23.9 Å². The van der Waals surface area contributed by atoms with Crippen LogP contribution in [0.3, 0.4) is 0 Å². The van der Waals surface area contributed by atoms with E-state index >= 15 is 0 Å². The van der Waals surface area contributed by atoms with Gasteiger partial charge in [-0.15, -0.1) is 0 Å². The van der Waals surface area contributed by atoms with Crippen molar-refractivity contribution in [3.63, 3.8) is 0 Å². The van der Waals surface area contributed by atoms with Crippen LogP contribution in [0.2, 0.25) is 0 Å². The van der Waals surface area contributed by atoms with Crippen molar-refractivity contribution in [2.24, 2.45) is 5.73 Å². The van der Waals surface area contributed by atoms with Gasteiger partial charge in [-0.05, 0) is 48.5 Å². The van der Waals surface area contributed by atoms with Crippen molar-refractivity contribution >= 4 is 23.9 Å². The van der Waals surface area contributed by atoms with E-state index in [0.717, 1.165) is 0 Å². The van der Waals surface area contributed by atoms with E-state index in [9.17, 15) is 19.2 Å². The molecule has 278 valence electrons. The lowest BCUT2D eigenvalue weighted by Gasteiger charge is -2.44. The Bertz CT molecular complexity index is 1730. The van der Waals surface area contributed by atoms with Gasteiger partial charge in [0.1, 0.15) is 12.7 Å². The van der Waals surface area contributed by atoms with Crippen LogP contribution in [-0.4, -0.2) is 101 Å². The molecule has 1 heterocycles. The Balaban J connectivity index is 1.48. The second-order valence-corrected chi connectivity index (χ2v) is 11.6. The smallest absolute Gasteiger partial charge is 0.338 e. The number of ether oxygens (including phenoxy) is 8. The van der Waals surface area contributed by atoms with Gasteiger partial charge in [-0.1, -0.05) is 72.8 Å². The lowest BCUT2D eigenvalue weighted by atomic mass is 9.97. The third-order valence-corrected chi connectivity index (χ3v) is 7.88. The summed E-state index contributed by atoms with van der Waals surface area (Å²) in [6, 6.07) is 32.6. The summed E-state index contributed by atoms with van der Waals surface area (Å²) in [6.07, 6.45) is -7.17. The Kier molecular flexibility index (Phi) is 15.0. The van der Waals surface area contributed by atoms with Crippen LogP contribution in [0.25, 0.3) is 0 Å². The molecule has 5 rings (SSSR count). The molecular weight excluding hydrogens is 686 g/mol. The Morgan fingerprint density at radius 3 is 1.36 bits per heavy atom. The number of esters is 4. The van der Waals surface area contributed by atoms with Gasteiger partial charge in [0.05, 0.1) is 55.3 Å². The van der Waals surface area contributed by atoms with Gasteiger partial charge in [-0.2, -0.15) is 0 Å². The van der Waals surface area contributed by atoms with E-state index in [0.29, 0.717) is 19.8 Å². The van der Waals surface area contributed by atoms with Crippen molar-refractivity contribution in [1.29, 1.82) is 0 Å². The van der Waals surface area contributed by atoms with Crippen LogP contribution in [0.5, 0.6) is 0 Å². The zero-order valence-corrected chi connectivity index (χ0v) is 28.9. The highest BCUT2D eigenvalue weighted by molar-refractivity contribution is 5.91. The number of benzene rings is 4. The van der Waals surface area contributed by atoms with Crippen LogP contribution in [-0.2, 0) is 37.9 Å². The Labute approximate surface area is 306 Å². The molecule has 0 saturated carbocycles. The maximum absolute atomic E-state index is 13.7. The quantitative estimate of drug-likeness (QED) is 0.0878. The van der Waals surface area contributed by atoms with E-state index in [4.69, 9.17) is 43.6 Å². The summed E-state index contributed by atoms with van der Waals surface area (Å²) in [5.74, 6) is -3.07. The molecule has 0 aromatic heterocycles. The van der Waals surface area contributed by atoms with E-state index in [1.54, 1.807) is 121 Å². The van der Waals surface area contributed by atoms with E-state index in [2.05, 4.69) is 0 Å². The topological polar surface area (TPSA) is 168 Å². The summed E-state index contributed by atoms with van der Waals surface area (Å²) in [6.45, 7) is 0.896. The molecule has 2 N–H and O–H groups in total. The summed E-state index contributed by atoms with van der Waals surface area (Å²) >= 11 is 0. The SMILES string of the molecule is NCCOCCOCCO[C@H]1OC(COC(=O)c2ccccc2)[C@@H](OC(=O)c2ccccc2)C(OC(=O)c2ccccc2)C1OC(=O)c1ccccc1. The molecule has 4 aromatic rings. The fourth-order valence-electron chi connectivity index (χ4n) is 5.29. The lowest BCUT2D eigenvalue weighted by Crippen LogP contribution is -2.63. The molecule has 1 fully saturated rings. The van der Waals surface area contributed by atoms with Crippen molar-refractivity contribution in [2.75, 3.05) is 46.2 Å². The van der Waals surface area contributed by atoms with Crippen LogP contribution in [0.4, 0.5) is 0 Å². The van der Waals surface area contributed by atoms with Crippen molar-refractivity contribution in [2.45, 2.75) is 30.7 Å². The predicted octanol–water partition coefficient (Wildman–Crippen LogP) is 4.25. The second kappa shape index (κ2) is 20.6. The molecule has 1 saturated heterocycles. The molecule has 4 aromatic carbocycles. The molecule has 1 aliphatic heterocycles. The van der Waals surface area contributed by atoms with Gasteiger partial charge in [0, 0.05) is 6.54 Å². The van der Waals surface area contributed by atoms with Gasteiger partial charge in [-0.3, -0.25) is 0 Å². The van der Waals surface area contributed by atoms with Crippen LogP contribution in [0, 0.1) is 0 Å². The summed E-state index contributed by atoms with van der Waals surface area (Å²) in [7, 11) is 0. The second-order valence-electron chi connectivity index (χ2n) is 11.6. The van der Waals surface area contributed by atoms with Gasteiger partial charge in [0.15, 0.2) is 24.6 Å². The van der Waals surface area contributed by atoms with Gasteiger partial charge < -0.3 is 43.6 Å². The van der Waals surface area contributed by atoms with E-state index in [1.807, 2.05) is 0 Å². The minimum absolute atomic E-state index is 0.0642. The Hall–Kier alpha value is -5.44. The average Bonchev–Trinajstić information content (AvgIpc) is 3.21. The highest BCUT2D eigenvalue weighted by Gasteiger charge is 2.53. The summed E-state index contributed by atoms with van der Waals surface area (Å²) in [5, 5.41) is 0. The van der Waals surface area contributed by atoms with Crippen molar-refractivity contribution in [1.82, 2.24) is 0 Å². The zero-order chi connectivity index (χ0) is 37.3. The van der Waals surface area contributed by atoms with E-state index in [1.165, 1.54) is 0 Å². The summed E-state index contributed by atoms with van der Waals surface area (Å²) < 4.78 is 47.0. The number of nitrogens with two attached hydrogens (primary N) is 1. The first-order chi connectivity index (χ1) is 25.9. The minimum Gasteiger partial charge on any atom is -0.459 e. The molecule has 5 atom stereocenters. The molecule has 0 aliphatic carbocycles. The first kappa shape index (κ1) is 38.8. The third kappa shape index (κ3) is 11.5. The normalized spacial score (nSPS) is 19.5. The molecule has 53 heavy (non-hydrogen) atoms. The molecule has 1 aliphatic rings.